The molecular formula is C18H20Cl2N2O4S. The maximum atomic E-state index is 12.5. The average Bonchev–Trinajstić information content (AvgIpc) is 2.59. The second-order valence-corrected chi connectivity index (χ2v) is 8.65. The number of hydrogen-bond donors (Lipinski definition) is 1. The van der Waals surface area contributed by atoms with Gasteiger partial charge < -0.3 is 10.1 Å². The summed E-state index contributed by atoms with van der Waals surface area (Å²) >= 11 is 12.0. The van der Waals surface area contributed by atoms with Crippen LogP contribution in [0, 0.1) is 0 Å². The van der Waals surface area contributed by atoms with Crippen molar-refractivity contribution < 1.29 is 17.9 Å². The van der Waals surface area contributed by atoms with Gasteiger partial charge in [0.1, 0.15) is 12.3 Å². The van der Waals surface area contributed by atoms with Gasteiger partial charge in [0.05, 0.1) is 30.1 Å². The highest BCUT2D eigenvalue weighted by atomic mass is 35.5. The number of anilines is 1. The number of hydrogen-bond acceptors (Lipinski definition) is 4. The van der Waals surface area contributed by atoms with Crippen LogP contribution in [0.25, 0.3) is 0 Å². The molecule has 0 saturated carbocycles. The number of nitrogens with one attached hydrogen (secondary N) is 1. The van der Waals surface area contributed by atoms with E-state index in [1.165, 1.54) is 18.2 Å². The Bertz CT molecular complexity index is 935. The van der Waals surface area contributed by atoms with Gasteiger partial charge in [0.2, 0.25) is 15.9 Å². The molecule has 2 rings (SSSR count). The number of carbonyl (C=O) groups excluding carboxylic acids is 1. The van der Waals surface area contributed by atoms with Crippen molar-refractivity contribution >= 4 is 44.8 Å². The van der Waals surface area contributed by atoms with Crippen LogP contribution < -0.4 is 14.4 Å². The number of ether oxygens (including phenoxy) is 1. The van der Waals surface area contributed by atoms with Crippen LogP contribution in [-0.2, 0) is 14.8 Å². The molecule has 0 radical (unpaired) electrons. The van der Waals surface area contributed by atoms with E-state index >= 15 is 0 Å². The summed E-state index contributed by atoms with van der Waals surface area (Å²) in [6.45, 7) is 1.37. The first-order chi connectivity index (χ1) is 12.6. The predicted molar refractivity (Wildman–Crippen MR) is 108 cm³/mol. The molecule has 146 valence electrons. The van der Waals surface area contributed by atoms with Crippen LogP contribution in [0.4, 0.5) is 5.69 Å². The van der Waals surface area contributed by atoms with Gasteiger partial charge in [-0.2, -0.15) is 0 Å². The zero-order valence-corrected chi connectivity index (χ0v) is 17.4. The van der Waals surface area contributed by atoms with Crippen LogP contribution in [0.3, 0.4) is 0 Å². The lowest BCUT2D eigenvalue weighted by molar-refractivity contribution is -0.120. The molecule has 0 fully saturated rings. The largest absolute Gasteiger partial charge is 0.496 e. The van der Waals surface area contributed by atoms with E-state index < -0.39 is 22.5 Å². The minimum Gasteiger partial charge on any atom is -0.496 e. The summed E-state index contributed by atoms with van der Waals surface area (Å²) < 4.78 is 30.6. The maximum Gasteiger partial charge on any atom is 0.241 e. The molecule has 0 aliphatic heterocycles. The number of para-hydroxylation sites is 1. The van der Waals surface area contributed by atoms with Crippen LogP contribution in [0.2, 0.25) is 10.0 Å². The topological polar surface area (TPSA) is 75.7 Å². The molecule has 0 unspecified atom stereocenters. The summed E-state index contributed by atoms with van der Waals surface area (Å²) in [7, 11) is -2.20. The van der Waals surface area contributed by atoms with Crippen molar-refractivity contribution in [2.45, 2.75) is 13.0 Å². The Labute approximate surface area is 169 Å². The standard InChI is InChI=1S/C18H20Cl2N2O4S/c1-12(14-6-4-5-7-17(14)26-2)21-18(23)11-22(27(3,24)25)16-9-8-13(19)10-15(16)20/h4-10,12H,11H2,1-3H3,(H,21,23)/t12-/m0/s1. The van der Waals surface area contributed by atoms with Gasteiger partial charge in [-0.05, 0) is 31.2 Å². The number of sulfonamides is 1. The van der Waals surface area contributed by atoms with Crippen molar-refractivity contribution in [3.05, 3.63) is 58.1 Å². The van der Waals surface area contributed by atoms with Gasteiger partial charge in [0, 0.05) is 10.6 Å². The first kappa shape index (κ1) is 21.3. The quantitative estimate of drug-likeness (QED) is 0.726. The van der Waals surface area contributed by atoms with E-state index in [1.807, 2.05) is 18.2 Å². The van der Waals surface area contributed by atoms with E-state index in [1.54, 1.807) is 20.1 Å². The number of rotatable bonds is 7. The van der Waals surface area contributed by atoms with E-state index in [4.69, 9.17) is 27.9 Å². The van der Waals surface area contributed by atoms with Crippen LogP contribution in [0.5, 0.6) is 5.75 Å². The Morgan fingerprint density at radius 1 is 1.22 bits per heavy atom. The lowest BCUT2D eigenvalue weighted by atomic mass is 10.1. The van der Waals surface area contributed by atoms with Gasteiger partial charge in [-0.25, -0.2) is 8.42 Å². The van der Waals surface area contributed by atoms with Gasteiger partial charge in [0.15, 0.2) is 0 Å². The molecule has 0 aromatic heterocycles. The number of carbonyl (C=O) groups is 1. The lowest BCUT2D eigenvalue weighted by Crippen LogP contribution is -2.41. The zero-order valence-electron chi connectivity index (χ0n) is 15.1. The molecule has 1 atom stereocenters. The highest BCUT2D eigenvalue weighted by molar-refractivity contribution is 7.92. The predicted octanol–water partition coefficient (Wildman–Crippen LogP) is 3.65. The van der Waals surface area contributed by atoms with Gasteiger partial charge in [-0.15, -0.1) is 0 Å². The van der Waals surface area contributed by atoms with Gasteiger partial charge in [-0.1, -0.05) is 41.4 Å². The fourth-order valence-electron chi connectivity index (χ4n) is 2.58. The molecule has 0 heterocycles. The molecule has 0 aliphatic carbocycles. The Morgan fingerprint density at radius 3 is 2.48 bits per heavy atom. The summed E-state index contributed by atoms with van der Waals surface area (Å²) in [6, 6.07) is 11.3. The second kappa shape index (κ2) is 8.82. The molecule has 2 aromatic carbocycles. The fourth-order valence-corrected chi connectivity index (χ4v) is 4.01. The van der Waals surface area contributed by atoms with E-state index in [0.717, 1.165) is 16.1 Å². The number of benzene rings is 2. The Morgan fingerprint density at radius 2 is 1.89 bits per heavy atom. The second-order valence-electron chi connectivity index (χ2n) is 5.90. The molecule has 0 saturated heterocycles. The molecule has 0 bridgehead atoms. The third-order valence-electron chi connectivity index (χ3n) is 3.85. The summed E-state index contributed by atoms with van der Waals surface area (Å²) in [5.74, 6) is 0.149. The van der Waals surface area contributed by atoms with E-state index in [9.17, 15) is 13.2 Å². The van der Waals surface area contributed by atoms with E-state index in [-0.39, 0.29) is 16.8 Å². The normalized spacial score (nSPS) is 12.3. The van der Waals surface area contributed by atoms with Crippen LogP contribution in [-0.4, -0.2) is 34.2 Å². The highest BCUT2D eigenvalue weighted by Crippen LogP contribution is 2.30. The molecule has 0 spiro atoms. The van der Waals surface area contributed by atoms with E-state index in [0.29, 0.717) is 10.8 Å². The summed E-state index contributed by atoms with van der Waals surface area (Å²) in [5, 5.41) is 3.28. The molecule has 1 amide bonds. The smallest absolute Gasteiger partial charge is 0.241 e. The average molecular weight is 431 g/mol. The van der Waals surface area contributed by atoms with Crippen LogP contribution in [0.1, 0.15) is 18.5 Å². The third-order valence-corrected chi connectivity index (χ3v) is 5.51. The van der Waals surface area contributed by atoms with Crippen molar-refractivity contribution in [3.63, 3.8) is 0 Å². The van der Waals surface area contributed by atoms with Crippen LogP contribution >= 0.6 is 23.2 Å². The van der Waals surface area contributed by atoms with Crippen molar-refractivity contribution in [2.24, 2.45) is 0 Å². The Balaban J connectivity index is 2.22. The third kappa shape index (κ3) is 5.51. The zero-order chi connectivity index (χ0) is 20.2. The molecule has 27 heavy (non-hydrogen) atoms. The summed E-state index contributed by atoms with van der Waals surface area (Å²) in [5.41, 5.74) is 0.965. The SMILES string of the molecule is COc1ccccc1[C@H](C)NC(=O)CN(c1ccc(Cl)cc1Cl)S(C)(=O)=O. The Kier molecular flexibility index (Phi) is 6.97. The minimum atomic E-state index is -3.74. The molecule has 6 nitrogen and oxygen atoms in total. The molecule has 0 aliphatic rings. The number of halogens is 2. The van der Waals surface area contributed by atoms with Gasteiger partial charge >= 0.3 is 0 Å². The van der Waals surface area contributed by atoms with Crippen LogP contribution in [0.15, 0.2) is 42.5 Å². The first-order valence-electron chi connectivity index (χ1n) is 7.98. The van der Waals surface area contributed by atoms with Crippen molar-refractivity contribution in [2.75, 3.05) is 24.2 Å². The number of nitrogens with zero attached hydrogens (tertiary/aromatic N) is 1. The monoisotopic (exact) mass is 430 g/mol. The van der Waals surface area contributed by atoms with Crippen molar-refractivity contribution in [1.82, 2.24) is 5.32 Å². The summed E-state index contributed by atoms with van der Waals surface area (Å²) in [4.78, 5) is 12.5. The number of methoxy groups -OCH3 is 1. The summed E-state index contributed by atoms with van der Waals surface area (Å²) in [6.07, 6.45) is 1.01. The highest BCUT2D eigenvalue weighted by Gasteiger charge is 2.24. The molecule has 9 heteroatoms. The Hall–Kier alpha value is -1.96. The van der Waals surface area contributed by atoms with Crippen molar-refractivity contribution in [3.8, 4) is 5.75 Å². The van der Waals surface area contributed by atoms with Crippen molar-refractivity contribution in [1.29, 1.82) is 0 Å². The van der Waals surface area contributed by atoms with E-state index in [2.05, 4.69) is 5.32 Å². The van der Waals surface area contributed by atoms with Gasteiger partial charge in [-0.3, -0.25) is 9.10 Å². The molecular weight excluding hydrogens is 411 g/mol. The van der Waals surface area contributed by atoms with Gasteiger partial charge in [0.25, 0.3) is 0 Å². The maximum absolute atomic E-state index is 12.5. The number of amides is 1. The minimum absolute atomic E-state index is 0.138. The molecule has 1 N–H and O–H groups in total. The molecule has 2 aromatic rings. The fraction of sp³-hybridized carbons (Fsp3) is 0.278. The lowest BCUT2D eigenvalue weighted by Gasteiger charge is -2.24. The first-order valence-corrected chi connectivity index (χ1v) is 10.6.